The third-order valence-corrected chi connectivity index (χ3v) is 8.70. The lowest BCUT2D eigenvalue weighted by atomic mass is 9.74. The van der Waals surface area contributed by atoms with Gasteiger partial charge in [-0.05, 0) is 78.7 Å². The lowest BCUT2D eigenvalue weighted by Gasteiger charge is -2.32. The van der Waals surface area contributed by atoms with Crippen LogP contribution in [0.2, 0.25) is 0 Å². The Labute approximate surface area is 222 Å². The third-order valence-electron chi connectivity index (χ3n) is 8.70. The van der Waals surface area contributed by atoms with Crippen molar-refractivity contribution in [1.29, 1.82) is 0 Å². The van der Waals surface area contributed by atoms with E-state index in [1.165, 1.54) is 63.5 Å². The summed E-state index contributed by atoms with van der Waals surface area (Å²) in [4.78, 5) is 0. The zero-order valence-corrected chi connectivity index (χ0v) is 22.0. The second kappa shape index (κ2) is 12.8. The van der Waals surface area contributed by atoms with Crippen molar-refractivity contribution in [3.63, 3.8) is 0 Å². The van der Waals surface area contributed by atoms with Crippen molar-refractivity contribution in [2.45, 2.75) is 102 Å². The summed E-state index contributed by atoms with van der Waals surface area (Å²) in [6, 6.07) is 7.69. The van der Waals surface area contributed by atoms with Crippen LogP contribution in [-0.2, 0) is 0 Å². The molecule has 0 heterocycles. The Morgan fingerprint density at radius 1 is 0.763 bits per heavy atom. The molecule has 2 aromatic rings. The average molecular weight is 541 g/mol. The number of hydrogen-bond acceptors (Lipinski definition) is 1. The summed E-state index contributed by atoms with van der Waals surface area (Å²) in [6.07, 6.45) is 6.26. The Morgan fingerprint density at radius 2 is 1.34 bits per heavy atom. The molecule has 0 aromatic heterocycles. The lowest BCUT2D eigenvalue weighted by Crippen LogP contribution is -2.33. The fourth-order valence-corrected chi connectivity index (χ4v) is 6.43. The standard InChI is InChI=1S/C31H38F6O/c1-2-3-20-4-6-21(7-5-20)8-9-22-10-12-23(13-11-22)24-14-16-26(27(32)18-24)25-15-17-29(28(33)19-25)38-31(36,37)30(34)35/h14-23,30H,2-13H2,1H3/t20-,21-,22?,23?. The summed E-state index contributed by atoms with van der Waals surface area (Å²) in [5.74, 6) is 0.0312. The number of rotatable bonds is 10. The molecule has 2 aliphatic carbocycles. The van der Waals surface area contributed by atoms with Crippen LogP contribution >= 0.6 is 0 Å². The quantitative estimate of drug-likeness (QED) is 0.272. The molecule has 2 fully saturated rings. The molecule has 0 bridgehead atoms. The van der Waals surface area contributed by atoms with E-state index in [0.717, 1.165) is 61.1 Å². The van der Waals surface area contributed by atoms with E-state index in [4.69, 9.17) is 0 Å². The summed E-state index contributed by atoms with van der Waals surface area (Å²) < 4.78 is 84.0. The zero-order chi connectivity index (χ0) is 27.3. The minimum absolute atomic E-state index is 0.113. The van der Waals surface area contributed by atoms with Gasteiger partial charge in [-0.1, -0.05) is 76.5 Å². The van der Waals surface area contributed by atoms with Crippen molar-refractivity contribution in [2.75, 3.05) is 0 Å². The van der Waals surface area contributed by atoms with Crippen molar-refractivity contribution < 1.29 is 31.1 Å². The summed E-state index contributed by atoms with van der Waals surface area (Å²) in [5, 5.41) is 0. The fraction of sp³-hybridized carbons (Fsp3) is 0.613. The summed E-state index contributed by atoms with van der Waals surface area (Å²) in [6.45, 7) is 2.28. The molecule has 4 rings (SSSR count). The molecule has 0 unspecified atom stereocenters. The van der Waals surface area contributed by atoms with Gasteiger partial charge in [0.15, 0.2) is 11.6 Å². The Bertz CT molecular complexity index is 1040. The molecule has 2 aliphatic rings. The second-order valence-corrected chi connectivity index (χ2v) is 11.3. The highest BCUT2D eigenvalue weighted by molar-refractivity contribution is 5.65. The largest absolute Gasteiger partial charge is 0.461 e. The maximum atomic E-state index is 15.0. The van der Waals surface area contributed by atoms with Crippen LogP contribution in [0.15, 0.2) is 36.4 Å². The number of halogens is 6. The molecule has 2 aromatic carbocycles. The van der Waals surface area contributed by atoms with Gasteiger partial charge in [0.2, 0.25) is 0 Å². The first-order chi connectivity index (χ1) is 18.2. The molecular weight excluding hydrogens is 502 g/mol. The highest BCUT2D eigenvalue weighted by atomic mass is 19.3. The first-order valence-corrected chi connectivity index (χ1v) is 14.1. The molecule has 0 saturated heterocycles. The topological polar surface area (TPSA) is 9.23 Å². The van der Waals surface area contributed by atoms with Gasteiger partial charge < -0.3 is 4.74 Å². The van der Waals surface area contributed by atoms with Gasteiger partial charge in [-0.3, -0.25) is 0 Å². The van der Waals surface area contributed by atoms with E-state index in [9.17, 15) is 22.0 Å². The summed E-state index contributed by atoms with van der Waals surface area (Å²) in [7, 11) is 0. The fourth-order valence-electron chi connectivity index (χ4n) is 6.43. The number of benzene rings is 2. The molecule has 0 radical (unpaired) electrons. The van der Waals surface area contributed by atoms with Crippen LogP contribution in [0.4, 0.5) is 26.3 Å². The predicted molar refractivity (Wildman–Crippen MR) is 138 cm³/mol. The van der Waals surface area contributed by atoms with Crippen LogP contribution in [0.1, 0.15) is 95.5 Å². The molecule has 0 N–H and O–H groups in total. The van der Waals surface area contributed by atoms with E-state index in [1.807, 2.05) is 6.07 Å². The molecule has 2 saturated carbocycles. The van der Waals surface area contributed by atoms with E-state index >= 15 is 4.39 Å². The van der Waals surface area contributed by atoms with E-state index in [0.29, 0.717) is 0 Å². The van der Waals surface area contributed by atoms with E-state index < -0.39 is 29.9 Å². The number of ether oxygens (including phenoxy) is 1. The van der Waals surface area contributed by atoms with Crippen molar-refractivity contribution in [3.8, 4) is 16.9 Å². The van der Waals surface area contributed by atoms with E-state index in [-0.39, 0.29) is 17.0 Å². The Morgan fingerprint density at radius 3 is 1.87 bits per heavy atom. The van der Waals surface area contributed by atoms with Gasteiger partial charge >= 0.3 is 12.5 Å². The summed E-state index contributed by atoms with van der Waals surface area (Å²) >= 11 is 0. The molecule has 0 atom stereocenters. The van der Waals surface area contributed by atoms with Gasteiger partial charge in [-0.15, -0.1) is 0 Å². The van der Waals surface area contributed by atoms with Crippen LogP contribution in [0.5, 0.6) is 5.75 Å². The van der Waals surface area contributed by atoms with Gasteiger partial charge in [-0.25, -0.2) is 8.78 Å². The molecule has 0 aliphatic heterocycles. The molecule has 0 spiro atoms. The minimum atomic E-state index is -4.82. The van der Waals surface area contributed by atoms with Crippen LogP contribution in [-0.4, -0.2) is 12.5 Å². The Hall–Kier alpha value is -2.18. The van der Waals surface area contributed by atoms with E-state index in [1.54, 1.807) is 6.07 Å². The number of hydrogen-bond donors (Lipinski definition) is 0. The predicted octanol–water partition coefficient (Wildman–Crippen LogP) is 10.5. The first-order valence-electron chi connectivity index (χ1n) is 14.1. The molecule has 0 amide bonds. The average Bonchev–Trinajstić information content (AvgIpc) is 2.90. The third kappa shape index (κ3) is 7.26. The Kier molecular flexibility index (Phi) is 9.69. The van der Waals surface area contributed by atoms with Crippen molar-refractivity contribution >= 4 is 0 Å². The minimum Gasteiger partial charge on any atom is -0.425 e. The molecule has 1 nitrogen and oxygen atoms in total. The second-order valence-electron chi connectivity index (χ2n) is 11.3. The van der Waals surface area contributed by atoms with Crippen LogP contribution in [0, 0.1) is 29.4 Å². The molecule has 7 heteroatoms. The first kappa shape index (κ1) is 28.8. The maximum absolute atomic E-state index is 15.0. The van der Waals surface area contributed by atoms with Gasteiger partial charge in [0.25, 0.3) is 0 Å². The van der Waals surface area contributed by atoms with Crippen molar-refractivity contribution in [3.05, 3.63) is 53.6 Å². The zero-order valence-electron chi connectivity index (χ0n) is 22.0. The highest BCUT2D eigenvalue weighted by Crippen LogP contribution is 2.41. The van der Waals surface area contributed by atoms with Gasteiger partial charge in [0.1, 0.15) is 5.82 Å². The van der Waals surface area contributed by atoms with Gasteiger partial charge in [0.05, 0.1) is 0 Å². The molecule has 38 heavy (non-hydrogen) atoms. The van der Waals surface area contributed by atoms with Crippen LogP contribution in [0.25, 0.3) is 11.1 Å². The van der Waals surface area contributed by atoms with Crippen molar-refractivity contribution in [2.24, 2.45) is 17.8 Å². The maximum Gasteiger partial charge on any atom is 0.461 e. The van der Waals surface area contributed by atoms with Crippen LogP contribution < -0.4 is 4.74 Å². The van der Waals surface area contributed by atoms with Crippen LogP contribution in [0.3, 0.4) is 0 Å². The van der Waals surface area contributed by atoms with E-state index in [2.05, 4.69) is 11.7 Å². The summed E-state index contributed by atoms with van der Waals surface area (Å²) in [5.41, 5.74) is 1.14. The number of alkyl halides is 4. The lowest BCUT2D eigenvalue weighted by molar-refractivity contribution is -0.254. The van der Waals surface area contributed by atoms with Gasteiger partial charge in [-0.2, -0.15) is 17.6 Å². The molecule has 210 valence electrons. The highest BCUT2D eigenvalue weighted by Gasteiger charge is 2.44. The normalized spacial score (nSPS) is 24.5. The SMILES string of the molecule is CCC[C@H]1CC[C@H](CCC2CCC(c3ccc(-c4ccc(OC(F)(F)C(F)F)c(F)c4)c(F)c3)CC2)CC1. The van der Waals surface area contributed by atoms with Crippen molar-refractivity contribution in [1.82, 2.24) is 0 Å². The van der Waals surface area contributed by atoms with Gasteiger partial charge in [0, 0.05) is 5.56 Å². The smallest absolute Gasteiger partial charge is 0.425 e. The molecular formula is C31H38F6O. The Balaban J connectivity index is 1.29. The monoisotopic (exact) mass is 540 g/mol.